The fourth-order valence-electron chi connectivity index (χ4n) is 1.47. The molecule has 0 aliphatic carbocycles. The Morgan fingerprint density at radius 3 is 2.72 bits per heavy atom. The van der Waals surface area contributed by atoms with Crippen LogP contribution in [0.3, 0.4) is 0 Å². The predicted molar refractivity (Wildman–Crippen MR) is 67.5 cm³/mol. The molecule has 1 aromatic rings. The number of rotatable bonds is 6. The molecule has 0 aromatic carbocycles. The summed E-state index contributed by atoms with van der Waals surface area (Å²) in [6, 6.07) is 3.25. The van der Waals surface area contributed by atoms with Gasteiger partial charge in [0.05, 0.1) is 6.61 Å². The fraction of sp³-hybridized carbons (Fsp3) is 0.545. The van der Waals surface area contributed by atoms with Crippen molar-refractivity contribution in [3.05, 3.63) is 18.3 Å². The number of aromatic nitrogens is 1. The molecule has 7 heteroatoms. The van der Waals surface area contributed by atoms with Crippen LogP contribution in [0, 0.1) is 0 Å². The summed E-state index contributed by atoms with van der Waals surface area (Å²) in [6.07, 6.45) is -2.82. The maximum Gasteiger partial charge on any atom is 0.405 e. The van der Waals surface area contributed by atoms with Gasteiger partial charge in [0.2, 0.25) is 0 Å². The van der Waals surface area contributed by atoms with Crippen molar-refractivity contribution >= 4 is 21.7 Å². The molecule has 18 heavy (non-hydrogen) atoms. The van der Waals surface area contributed by atoms with Gasteiger partial charge in [0.25, 0.3) is 0 Å². The lowest BCUT2D eigenvalue weighted by atomic mass is 10.3. The van der Waals surface area contributed by atoms with Gasteiger partial charge in [0, 0.05) is 18.1 Å². The van der Waals surface area contributed by atoms with Crippen molar-refractivity contribution < 1.29 is 17.9 Å². The van der Waals surface area contributed by atoms with Gasteiger partial charge in [-0.1, -0.05) is 15.9 Å². The standard InChI is InChI=1S/C11H14BrF3N2O/c1-2-18-9-4-3-6-16-10(9)17(7-5-12)8-11(13,14)15/h3-4,6H,2,5,7-8H2,1H3. The Kier molecular flexibility index (Phi) is 5.71. The van der Waals surface area contributed by atoms with Crippen molar-refractivity contribution in [2.24, 2.45) is 0 Å². The predicted octanol–water partition coefficient (Wildman–Crippen LogP) is 3.24. The van der Waals surface area contributed by atoms with Crippen LogP contribution in [0.15, 0.2) is 18.3 Å². The molecule has 3 nitrogen and oxygen atoms in total. The number of halogens is 4. The van der Waals surface area contributed by atoms with E-state index in [1.54, 1.807) is 19.1 Å². The SMILES string of the molecule is CCOc1cccnc1N(CCBr)CC(F)(F)F. The molecular formula is C11H14BrF3N2O. The topological polar surface area (TPSA) is 25.4 Å². The average molecular weight is 327 g/mol. The zero-order valence-electron chi connectivity index (χ0n) is 9.88. The molecule has 1 aromatic heterocycles. The number of anilines is 1. The van der Waals surface area contributed by atoms with Crippen LogP contribution < -0.4 is 9.64 Å². The van der Waals surface area contributed by atoms with Gasteiger partial charge in [-0.05, 0) is 19.1 Å². The van der Waals surface area contributed by atoms with Crippen LogP contribution in [0.4, 0.5) is 19.0 Å². The molecule has 0 bridgehead atoms. The first-order valence-corrected chi connectivity index (χ1v) is 6.55. The number of hydrogen-bond acceptors (Lipinski definition) is 3. The minimum atomic E-state index is -4.27. The molecule has 1 rings (SSSR count). The highest BCUT2D eigenvalue weighted by Crippen LogP contribution is 2.28. The highest BCUT2D eigenvalue weighted by atomic mass is 79.9. The van der Waals surface area contributed by atoms with Crippen molar-refractivity contribution in [1.82, 2.24) is 4.98 Å². The first kappa shape index (κ1) is 15.1. The summed E-state index contributed by atoms with van der Waals surface area (Å²) in [5, 5.41) is 0.422. The van der Waals surface area contributed by atoms with E-state index in [1.807, 2.05) is 0 Å². The molecule has 1 heterocycles. The Morgan fingerprint density at radius 2 is 2.17 bits per heavy atom. The minimum absolute atomic E-state index is 0.205. The molecule has 0 saturated heterocycles. The normalized spacial score (nSPS) is 11.4. The second-order valence-corrected chi connectivity index (χ2v) is 4.28. The van der Waals surface area contributed by atoms with E-state index in [1.165, 1.54) is 6.20 Å². The van der Waals surface area contributed by atoms with E-state index in [2.05, 4.69) is 20.9 Å². The highest BCUT2D eigenvalue weighted by molar-refractivity contribution is 9.09. The highest BCUT2D eigenvalue weighted by Gasteiger charge is 2.32. The lowest BCUT2D eigenvalue weighted by molar-refractivity contribution is -0.119. The van der Waals surface area contributed by atoms with Crippen LogP contribution in [0.5, 0.6) is 5.75 Å². The van der Waals surface area contributed by atoms with Gasteiger partial charge < -0.3 is 9.64 Å². The average Bonchev–Trinajstić information content (AvgIpc) is 2.28. The summed E-state index contributed by atoms with van der Waals surface area (Å²) >= 11 is 3.14. The summed E-state index contributed by atoms with van der Waals surface area (Å²) in [7, 11) is 0. The molecule has 0 N–H and O–H groups in total. The lowest BCUT2D eigenvalue weighted by Gasteiger charge is -2.25. The maximum atomic E-state index is 12.5. The van der Waals surface area contributed by atoms with Gasteiger partial charge in [-0.2, -0.15) is 13.2 Å². The van der Waals surface area contributed by atoms with E-state index < -0.39 is 12.7 Å². The molecule has 102 valence electrons. The molecule has 0 aliphatic rings. The summed E-state index contributed by atoms with van der Waals surface area (Å²) in [4.78, 5) is 5.13. The van der Waals surface area contributed by atoms with Gasteiger partial charge in [-0.3, -0.25) is 0 Å². The number of nitrogens with zero attached hydrogens (tertiary/aromatic N) is 2. The molecule has 0 saturated carbocycles. The van der Waals surface area contributed by atoms with Gasteiger partial charge in [-0.25, -0.2) is 4.98 Å². The summed E-state index contributed by atoms with van der Waals surface area (Å²) in [5.41, 5.74) is 0. The molecule has 0 radical (unpaired) electrons. The van der Waals surface area contributed by atoms with E-state index in [0.29, 0.717) is 17.7 Å². The number of pyridine rings is 1. The zero-order valence-corrected chi connectivity index (χ0v) is 11.5. The molecule has 0 fully saturated rings. The second-order valence-electron chi connectivity index (χ2n) is 3.48. The minimum Gasteiger partial charge on any atom is -0.490 e. The smallest absolute Gasteiger partial charge is 0.405 e. The molecule has 0 unspecified atom stereocenters. The molecular weight excluding hydrogens is 313 g/mol. The van der Waals surface area contributed by atoms with E-state index in [0.717, 1.165) is 4.90 Å². The first-order valence-electron chi connectivity index (χ1n) is 5.43. The Labute approximate surface area is 112 Å². The zero-order chi connectivity index (χ0) is 13.6. The largest absolute Gasteiger partial charge is 0.490 e. The Bertz CT molecular complexity index is 374. The van der Waals surface area contributed by atoms with Crippen LogP contribution in [0.2, 0.25) is 0 Å². The van der Waals surface area contributed by atoms with Crippen molar-refractivity contribution in [3.8, 4) is 5.75 Å². The first-order chi connectivity index (χ1) is 8.48. The van der Waals surface area contributed by atoms with Crippen LogP contribution >= 0.6 is 15.9 Å². The third-order valence-corrected chi connectivity index (χ3v) is 2.43. The van der Waals surface area contributed by atoms with Gasteiger partial charge in [-0.15, -0.1) is 0 Å². The summed E-state index contributed by atoms with van der Waals surface area (Å²) in [5.74, 6) is 0.585. The fourth-order valence-corrected chi connectivity index (χ4v) is 1.89. The Morgan fingerprint density at radius 1 is 1.44 bits per heavy atom. The van der Waals surface area contributed by atoms with Crippen molar-refractivity contribution in [2.75, 3.05) is 29.9 Å². The Hall–Kier alpha value is -0.980. The second kappa shape index (κ2) is 6.82. The maximum absolute atomic E-state index is 12.5. The number of alkyl halides is 4. The molecule has 0 atom stereocenters. The van der Waals surface area contributed by atoms with Crippen LogP contribution in [-0.2, 0) is 0 Å². The molecule has 0 aliphatic heterocycles. The number of hydrogen-bond donors (Lipinski definition) is 0. The third-order valence-electron chi connectivity index (χ3n) is 2.07. The Balaban J connectivity index is 2.97. The monoisotopic (exact) mass is 326 g/mol. The van der Waals surface area contributed by atoms with Crippen LogP contribution in [0.25, 0.3) is 0 Å². The van der Waals surface area contributed by atoms with Gasteiger partial charge in [0.1, 0.15) is 6.54 Å². The van der Waals surface area contributed by atoms with E-state index in [-0.39, 0.29) is 12.4 Å². The van der Waals surface area contributed by atoms with Crippen molar-refractivity contribution in [1.29, 1.82) is 0 Å². The van der Waals surface area contributed by atoms with E-state index in [4.69, 9.17) is 4.74 Å². The summed E-state index contributed by atoms with van der Waals surface area (Å²) < 4.78 is 42.8. The van der Waals surface area contributed by atoms with E-state index in [9.17, 15) is 13.2 Å². The summed E-state index contributed by atoms with van der Waals surface area (Å²) in [6.45, 7) is 1.31. The van der Waals surface area contributed by atoms with Gasteiger partial charge in [0.15, 0.2) is 11.6 Å². The third kappa shape index (κ3) is 4.72. The van der Waals surface area contributed by atoms with E-state index >= 15 is 0 Å². The van der Waals surface area contributed by atoms with Crippen LogP contribution in [-0.4, -0.2) is 36.2 Å². The quantitative estimate of drug-likeness (QED) is 0.750. The van der Waals surface area contributed by atoms with Gasteiger partial charge >= 0.3 is 6.18 Å². The van der Waals surface area contributed by atoms with Crippen molar-refractivity contribution in [2.45, 2.75) is 13.1 Å². The van der Waals surface area contributed by atoms with Crippen LogP contribution in [0.1, 0.15) is 6.92 Å². The lowest BCUT2D eigenvalue weighted by Crippen LogP contribution is -2.36. The number of ether oxygens (including phenoxy) is 1. The van der Waals surface area contributed by atoms with Crippen molar-refractivity contribution in [3.63, 3.8) is 0 Å². The molecule has 0 amide bonds. The molecule has 0 spiro atoms.